The van der Waals surface area contributed by atoms with E-state index in [1.54, 1.807) is 6.07 Å². The van der Waals surface area contributed by atoms with Crippen LogP contribution in [0.4, 0.5) is 0 Å². The van der Waals surface area contributed by atoms with Gasteiger partial charge in [-0.05, 0) is 37.1 Å². The SMILES string of the molecule is O=c1cc(C#Cc2ccccc2)cc2n1CC1CNC[C@@H]2C1. The summed E-state index contributed by atoms with van der Waals surface area (Å²) >= 11 is 0. The highest BCUT2D eigenvalue weighted by atomic mass is 16.1. The molecule has 3 nitrogen and oxygen atoms in total. The Morgan fingerprint density at radius 2 is 1.86 bits per heavy atom. The van der Waals surface area contributed by atoms with Gasteiger partial charge >= 0.3 is 0 Å². The minimum absolute atomic E-state index is 0.0893. The van der Waals surface area contributed by atoms with Crippen LogP contribution in [0.2, 0.25) is 0 Å². The van der Waals surface area contributed by atoms with Crippen molar-refractivity contribution in [3.63, 3.8) is 0 Å². The van der Waals surface area contributed by atoms with Crippen molar-refractivity contribution in [3.05, 3.63) is 69.6 Å². The number of rotatable bonds is 0. The Bertz CT molecular complexity index is 811. The average Bonchev–Trinajstić information content (AvgIpc) is 2.55. The summed E-state index contributed by atoms with van der Waals surface area (Å²) in [7, 11) is 0. The first kappa shape index (κ1) is 13.4. The largest absolute Gasteiger partial charge is 0.316 e. The highest BCUT2D eigenvalue weighted by molar-refractivity contribution is 5.43. The third kappa shape index (κ3) is 2.47. The lowest BCUT2D eigenvalue weighted by Crippen LogP contribution is -2.44. The molecule has 1 saturated heterocycles. The number of fused-ring (bicyclic) bond motifs is 4. The number of benzene rings is 1. The normalized spacial score (nSPS) is 22.4. The van der Waals surface area contributed by atoms with Crippen molar-refractivity contribution in [1.82, 2.24) is 9.88 Å². The van der Waals surface area contributed by atoms with E-state index in [1.165, 1.54) is 6.42 Å². The molecule has 1 unspecified atom stereocenters. The molecule has 0 saturated carbocycles. The van der Waals surface area contributed by atoms with Crippen molar-refractivity contribution in [3.8, 4) is 11.8 Å². The van der Waals surface area contributed by atoms with Crippen molar-refractivity contribution >= 4 is 0 Å². The van der Waals surface area contributed by atoms with Crippen LogP contribution in [0.25, 0.3) is 0 Å². The zero-order valence-corrected chi connectivity index (χ0v) is 12.4. The van der Waals surface area contributed by atoms with Crippen molar-refractivity contribution in [1.29, 1.82) is 0 Å². The fraction of sp³-hybridized carbons (Fsp3) is 0.316. The first-order chi connectivity index (χ1) is 10.8. The number of pyridine rings is 1. The monoisotopic (exact) mass is 290 g/mol. The quantitative estimate of drug-likeness (QED) is 0.753. The van der Waals surface area contributed by atoms with Crippen LogP contribution < -0.4 is 10.9 Å². The third-order valence-corrected chi connectivity index (χ3v) is 4.59. The van der Waals surface area contributed by atoms with Gasteiger partial charge in [-0.3, -0.25) is 4.79 Å². The number of hydrogen-bond acceptors (Lipinski definition) is 2. The van der Waals surface area contributed by atoms with Crippen LogP contribution in [0.3, 0.4) is 0 Å². The molecule has 22 heavy (non-hydrogen) atoms. The molecule has 2 bridgehead atoms. The van der Waals surface area contributed by atoms with Crippen molar-refractivity contribution < 1.29 is 0 Å². The molecular weight excluding hydrogens is 272 g/mol. The lowest BCUT2D eigenvalue weighted by molar-refractivity contribution is 0.257. The van der Waals surface area contributed by atoms with E-state index in [4.69, 9.17) is 0 Å². The molecule has 4 rings (SSSR count). The average molecular weight is 290 g/mol. The Labute approximate surface area is 130 Å². The molecule has 110 valence electrons. The molecule has 0 spiro atoms. The van der Waals surface area contributed by atoms with Gasteiger partial charge in [0.25, 0.3) is 5.56 Å². The minimum Gasteiger partial charge on any atom is -0.316 e. The Hall–Kier alpha value is -2.31. The van der Waals surface area contributed by atoms with Crippen molar-refractivity contribution in [2.45, 2.75) is 18.9 Å². The Morgan fingerprint density at radius 3 is 2.73 bits per heavy atom. The second kappa shape index (κ2) is 5.47. The van der Waals surface area contributed by atoms with Gasteiger partial charge in [0.2, 0.25) is 0 Å². The van der Waals surface area contributed by atoms with E-state index in [2.05, 4.69) is 23.2 Å². The summed E-state index contributed by atoms with van der Waals surface area (Å²) in [6.07, 6.45) is 1.18. The standard InChI is InChI=1S/C19H18N2O/c22-19-10-15(7-6-14-4-2-1-3-5-14)9-18-17-8-16(11-20-12-17)13-21(18)19/h1-5,9-10,16-17,20H,8,11-13H2/t16?,17-/m0/s1. The van der Waals surface area contributed by atoms with Crippen LogP contribution in [0.15, 0.2) is 47.3 Å². The van der Waals surface area contributed by atoms with E-state index < -0.39 is 0 Å². The summed E-state index contributed by atoms with van der Waals surface area (Å²) in [4.78, 5) is 12.4. The lowest BCUT2D eigenvalue weighted by Gasteiger charge is -2.37. The molecule has 1 N–H and O–H groups in total. The van der Waals surface area contributed by atoms with E-state index in [1.807, 2.05) is 34.9 Å². The van der Waals surface area contributed by atoms with Gasteiger partial charge in [0, 0.05) is 41.9 Å². The van der Waals surface area contributed by atoms with Gasteiger partial charge in [-0.1, -0.05) is 30.0 Å². The number of piperidine rings is 1. The molecule has 1 fully saturated rings. The highest BCUT2D eigenvalue weighted by Gasteiger charge is 2.30. The highest BCUT2D eigenvalue weighted by Crippen LogP contribution is 2.31. The van der Waals surface area contributed by atoms with Gasteiger partial charge in [0.15, 0.2) is 0 Å². The number of nitrogens with one attached hydrogen (secondary N) is 1. The number of aromatic nitrogens is 1. The van der Waals surface area contributed by atoms with E-state index in [0.717, 1.165) is 36.5 Å². The van der Waals surface area contributed by atoms with Crippen LogP contribution >= 0.6 is 0 Å². The molecule has 3 heteroatoms. The van der Waals surface area contributed by atoms with E-state index in [0.29, 0.717) is 11.8 Å². The zero-order chi connectivity index (χ0) is 14.9. The summed E-state index contributed by atoms with van der Waals surface area (Å²) in [6, 6.07) is 13.7. The third-order valence-electron chi connectivity index (χ3n) is 4.59. The van der Waals surface area contributed by atoms with Gasteiger partial charge in [-0.15, -0.1) is 0 Å². The summed E-state index contributed by atoms with van der Waals surface area (Å²) in [6.45, 7) is 2.83. The minimum atomic E-state index is 0.0893. The zero-order valence-electron chi connectivity index (χ0n) is 12.4. The molecule has 0 radical (unpaired) electrons. The van der Waals surface area contributed by atoms with Crippen LogP contribution in [0, 0.1) is 17.8 Å². The number of nitrogens with zero attached hydrogens (tertiary/aromatic N) is 1. The molecule has 1 aromatic heterocycles. The number of hydrogen-bond donors (Lipinski definition) is 1. The van der Waals surface area contributed by atoms with Gasteiger partial charge in [-0.2, -0.15) is 0 Å². The Kier molecular flexibility index (Phi) is 3.32. The van der Waals surface area contributed by atoms with Crippen molar-refractivity contribution in [2.24, 2.45) is 5.92 Å². The first-order valence-electron chi connectivity index (χ1n) is 7.82. The van der Waals surface area contributed by atoms with E-state index in [-0.39, 0.29) is 5.56 Å². The molecule has 2 aromatic rings. The smallest absolute Gasteiger partial charge is 0.251 e. The molecule has 0 aliphatic carbocycles. The first-order valence-corrected chi connectivity index (χ1v) is 7.82. The summed E-state index contributed by atoms with van der Waals surface area (Å²) in [5.74, 6) is 7.31. The maximum atomic E-state index is 12.4. The van der Waals surface area contributed by atoms with Crippen molar-refractivity contribution in [2.75, 3.05) is 13.1 Å². The predicted octanol–water partition coefficient (Wildman–Crippen LogP) is 1.95. The topological polar surface area (TPSA) is 34.0 Å². The van der Waals surface area contributed by atoms with Crippen LogP contribution in [-0.2, 0) is 6.54 Å². The Morgan fingerprint density at radius 1 is 1.05 bits per heavy atom. The second-order valence-electron chi connectivity index (χ2n) is 6.19. The summed E-state index contributed by atoms with van der Waals surface area (Å²) in [5, 5.41) is 3.47. The van der Waals surface area contributed by atoms with Gasteiger partial charge in [0.05, 0.1) is 0 Å². The maximum Gasteiger partial charge on any atom is 0.251 e. The fourth-order valence-electron chi connectivity index (χ4n) is 3.54. The Balaban J connectivity index is 1.73. The molecular formula is C19H18N2O. The summed E-state index contributed by atoms with van der Waals surface area (Å²) in [5.41, 5.74) is 3.03. The van der Waals surface area contributed by atoms with Gasteiger partial charge in [0.1, 0.15) is 0 Å². The summed E-state index contributed by atoms with van der Waals surface area (Å²) < 4.78 is 1.95. The van der Waals surface area contributed by atoms with Crippen LogP contribution in [0.5, 0.6) is 0 Å². The lowest BCUT2D eigenvalue weighted by atomic mass is 9.84. The molecule has 3 heterocycles. The molecule has 2 aliphatic heterocycles. The molecule has 2 atom stereocenters. The van der Waals surface area contributed by atoms with Gasteiger partial charge < -0.3 is 9.88 Å². The molecule has 1 aromatic carbocycles. The van der Waals surface area contributed by atoms with Crippen LogP contribution in [-0.4, -0.2) is 17.7 Å². The van der Waals surface area contributed by atoms with Crippen LogP contribution in [0.1, 0.15) is 29.2 Å². The second-order valence-corrected chi connectivity index (χ2v) is 6.19. The fourth-order valence-corrected chi connectivity index (χ4v) is 3.54. The molecule has 0 amide bonds. The molecule has 2 aliphatic rings. The van der Waals surface area contributed by atoms with E-state index >= 15 is 0 Å². The predicted molar refractivity (Wildman–Crippen MR) is 86.8 cm³/mol. The van der Waals surface area contributed by atoms with Gasteiger partial charge in [-0.25, -0.2) is 0 Å². The maximum absolute atomic E-state index is 12.4. The van der Waals surface area contributed by atoms with E-state index in [9.17, 15) is 4.79 Å².